The number of nitrogens with one attached hydrogen (secondary N) is 1. The summed E-state index contributed by atoms with van der Waals surface area (Å²) in [5.41, 5.74) is 1.62. The van der Waals surface area contributed by atoms with Crippen molar-refractivity contribution in [2.45, 2.75) is 19.9 Å². The summed E-state index contributed by atoms with van der Waals surface area (Å²) in [7, 11) is 0. The Labute approximate surface area is 180 Å². The number of carbonyl (C=O) groups is 2. The fraction of sp³-hybridized carbons (Fsp3) is 0.500. The van der Waals surface area contributed by atoms with Crippen LogP contribution in [0.1, 0.15) is 25.5 Å². The highest BCUT2D eigenvalue weighted by Crippen LogP contribution is 2.36. The molecule has 1 saturated heterocycles. The van der Waals surface area contributed by atoms with Crippen molar-refractivity contribution in [1.82, 2.24) is 15.1 Å². The van der Waals surface area contributed by atoms with Crippen molar-refractivity contribution < 1.29 is 19.1 Å². The van der Waals surface area contributed by atoms with E-state index in [2.05, 4.69) is 10.2 Å². The number of hydrogen-bond acceptors (Lipinski definition) is 5. The molecular weight excluding hydrogens is 417 g/mol. The van der Waals surface area contributed by atoms with Gasteiger partial charge >= 0.3 is 12.0 Å². The number of likely N-dealkylation sites (N-methyl/N-ethyl adjacent to an activating group) is 1. The van der Waals surface area contributed by atoms with Crippen LogP contribution in [0.3, 0.4) is 0 Å². The van der Waals surface area contributed by atoms with E-state index in [1.165, 1.54) is 0 Å². The van der Waals surface area contributed by atoms with Gasteiger partial charge in [-0.15, -0.1) is 0 Å². The first-order valence-electron chi connectivity index (χ1n) is 9.69. The van der Waals surface area contributed by atoms with E-state index in [0.717, 1.165) is 13.1 Å². The van der Waals surface area contributed by atoms with Crippen LogP contribution >= 0.6 is 23.2 Å². The maximum atomic E-state index is 13.0. The molecule has 0 spiro atoms. The molecule has 1 aromatic carbocycles. The van der Waals surface area contributed by atoms with Crippen LogP contribution in [0.25, 0.3) is 0 Å². The first kappa shape index (κ1) is 21.9. The zero-order valence-corrected chi connectivity index (χ0v) is 18.1. The third-order valence-corrected chi connectivity index (χ3v) is 5.56. The van der Waals surface area contributed by atoms with Crippen LogP contribution in [0.5, 0.6) is 0 Å². The Morgan fingerprint density at radius 2 is 2.00 bits per heavy atom. The summed E-state index contributed by atoms with van der Waals surface area (Å²) in [5, 5.41) is 3.76. The van der Waals surface area contributed by atoms with Crippen molar-refractivity contribution in [3.05, 3.63) is 45.1 Å². The van der Waals surface area contributed by atoms with Gasteiger partial charge in [0.15, 0.2) is 0 Å². The average Bonchev–Trinajstić information content (AvgIpc) is 2.69. The molecule has 0 radical (unpaired) electrons. The molecule has 2 amide bonds. The van der Waals surface area contributed by atoms with Crippen LogP contribution in [0.4, 0.5) is 4.79 Å². The van der Waals surface area contributed by atoms with E-state index in [4.69, 9.17) is 32.7 Å². The van der Waals surface area contributed by atoms with Crippen molar-refractivity contribution in [3.63, 3.8) is 0 Å². The monoisotopic (exact) mass is 441 g/mol. The van der Waals surface area contributed by atoms with E-state index in [-0.39, 0.29) is 12.6 Å². The molecule has 1 atom stereocenters. The van der Waals surface area contributed by atoms with Crippen molar-refractivity contribution >= 4 is 35.2 Å². The highest BCUT2D eigenvalue weighted by Gasteiger charge is 2.39. The molecule has 0 aromatic heterocycles. The van der Waals surface area contributed by atoms with Gasteiger partial charge in [0.25, 0.3) is 0 Å². The van der Waals surface area contributed by atoms with E-state index in [0.29, 0.717) is 53.2 Å². The quantitative estimate of drug-likeness (QED) is 0.686. The molecule has 1 N–H and O–H groups in total. The van der Waals surface area contributed by atoms with Gasteiger partial charge in [-0.05, 0) is 31.5 Å². The zero-order chi connectivity index (χ0) is 21.0. The minimum absolute atomic E-state index is 0.230. The van der Waals surface area contributed by atoms with Gasteiger partial charge in [0.1, 0.15) is 0 Å². The summed E-state index contributed by atoms with van der Waals surface area (Å²) >= 11 is 12.5. The van der Waals surface area contributed by atoms with E-state index >= 15 is 0 Å². The largest absolute Gasteiger partial charge is 0.463 e. The Kier molecular flexibility index (Phi) is 7.40. The van der Waals surface area contributed by atoms with Gasteiger partial charge in [-0.2, -0.15) is 0 Å². The second kappa shape index (κ2) is 9.80. The second-order valence-electron chi connectivity index (χ2n) is 6.76. The van der Waals surface area contributed by atoms with E-state index in [1.54, 1.807) is 30.0 Å². The molecule has 158 valence electrons. The summed E-state index contributed by atoms with van der Waals surface area (Å²) in [5.74, 6) is -0.467. The maximum absolute atomic E-state index is 13.0. The summed E-state index contributed by atoms with van der Waals surface area (Å²) in [6.07, 6.45) is 0. The molecule has 1 fully saturated rings. The number of urea groups is 1. The Bertz CT molecular complexity index is 809. The van der Waals surface area contributed by atoms with Crippen molar-refractivity contribution in [2.24, 2.45) is 0 Å². The predicted octanol–water partition coefficient (Wildman–Crippen LogP) is 3.23. The van der Waals surface area contributed by atoms with Crippen LogP contribution < -0.4 is 5.32 Å². The van der Waals surface area contributed by atoms with Crippen LogP contribution in [-0.2, 0) is 14.3 Å². The van der Waals surface area contributed by atoms with Gasteiger partial charge in [-0.1, -0.05) is 29.3 Å². The third-order valence-electron chi connectivity index (χ3n) is 5.00. The topological polar surface area (TPSA) is 71.1 Å². The van der Waals surface area contributed by atoms with Crippen LogP contribution in [0.2, 0.25) is 10.0 Å². The first-order chi connectivity index (χ1) is 14.0. The number of carbonyl (C=O) groups excluding carboxylic acids is 2. The number of halogens is 2. The van der Waals surface area contributed by atoms with Crippen molar-refractivity contribution in [1.29, 1.82) is 0 Å². The lowest BCUT2D eigenvalue weighted by Gasteiger charge is -2.39. The van der Waals surface area contributed by atoms with Gasteiger partial charge in [0, 0.05) is 41.9 Å². The highest BCUT2D eigenvalue weighted by atomic mass is 35.5. The van der Waals surface area contributed by atoms with E-state index in [1.807, 2.05) is 6.92 Å². The SMILES string of the molecule is CCOC(=O)C1=C(CN2CCOCC2)N(CC)C(=O)NC1c1ccc(Cl)cc1Cl. The molecule has 2 aliphatic heterocycles. The van der Waals surface area contributed by atoms with Gasteiger partial charge < -0.3 is 14.8 Å². The fourth-order valence-electron chi connectivity index (χ4n) is 3.60. The molecule has 1 aromatic rings. The number of ether oxygens (including phenoxy) is 2. The van der Waals surface area contributed by atoms with Crippen molar-refractivity contribution in [3.8, 4) is 0 Å². The lowest BCUT2D eigenvalue weighted by molar-refractivity contribution is -0.139. The molecule has 0 aliphatic carbocycles. The Hall–Kier alpha value is -1.80. The molecule has 2 heterocycles. The molecule has 0 saturated carbocycles. The predicted molar refractivity (Wildman–Crippen MR) is 111 cm³/mol. The first-order valence-corrected chi connectivity index (χ1v) is 10.4. The molecular formula is C20H25Cl2N3O4. The number of nitrogens with zero attached hydrogens (tertiary/aromatic N) is 2. The molecule has 0 bridgehead atoms. The number of esters is 1. The van der Waals surface area contributed by atoms with Gasteiger partial charge in [-0.25, -0.2) is 9.59 Å². The number of morpholine rings is 1. The standard InChI is InChI=1S/C20H25Cl2N3O4/c1-3-25-16(12-24-7-9-28-10-8-24)17(19(26)29-4-2)18(23-20(25)27)14-6-5-13(21)11-15(14)22/h5-6,11,18H,3-4,7-10,12H2,1-2H3,(H,23,27). The molecule has 29 heavy (non-hydrogen) atoms. The molecule has 9 heteroatoms. The Morgan fingerprint density at radius 1 is 1.28 bits per heavy atom. The van der Waals surface area contributed by atoms with Gasteiger partial charge in [-0.3, -0.25) is 9.80 Å². The van der Waals surface area contributed by atoms with E-state index < -0.39 is 12.0 Å². The van der Waals surface area contributed by atoms with Crippen LogP contribution in [-0.4, -0.2) is 67.8 Å². The molecule has 3 rings (SSSR count). The maximum Gasteiger partial charge on any atom is 0.338 e. The number of amides is 2. The van der Waals surface area contributed by atoms with E-state index in [9.17, 15) is 9.59 Å². The summed E-state index contributed by atoms with van der Waals surface area (Å²) in [6, 6.07) is 4.01. The summed E-state index contributed by atoms with van der Waals surface area (Å²) in [4.78, 5) is 29.6. The fourth-order valence-corrected chi connectivity index (χ4v) is 4.12. The number of benzene rings is 1. The zero-order valence-electron chi connectivity index (χ0n) is 16.5. The highest BCUT2D eigenvalue weighted by molar-refractivity contribution is 6.35. The minimum Gasteiger partial charge on any atom is -0.463 e. The summed E-state index contributed by atoms with van der Waals surface area (Å²) in [6.45, 7) is 7.42. The summed E-state index contributed by atoms with van der Waals surface area (Å²) < 4.78 is 10.8. The molecule has 7 nitrogen and oxygen atoms in total. The van der Waals surface area contributed by atoms with Crippen LogP contribution in [0.15, 0.2) is 29.5 Å². The lowest BCUT2D eigenvalue weighted by Crippen LogP contribution is -2.51. The Balaban J connectivity index is 2.11. The number of hydrogen-bond donors (Lipinski definition) is 1. The Morgan fingerprint density at radius 3 is 2.62 bits per heavy atom. The third kappa shape index (κ3) is 4.86. The van der Waals surface area contributed by atoms with Crippen LogP contribution in [0, 0.1) is 0 Å². The smallest absolute Gasteiger partial charge is 0.338 e. The number of rotatable bonds is 6. The minimum atomic E-state index is -0.717. The van der Waals surface area contributed by atoms with Gasteiger partial charge in [0.2, 0.25) is 0 Å². The van der Waals surface area contributed by atoms with Gasteiger partial charge in [0.05, 0.1) is 31.4 Å². The average molecular weight is 442 g/mol. The second-order valence-corrected chi connectivity index (χ2v) is 7.61. The molecule has 2 aliphatic rings. The van der Waals surface area contributed by atoms with Crippen molar-refractivity contribution in [2.75, 3.05) is 46.0 Å². The lowest BCUT2D eigenvalue weighted by atomic mass is 9.94. The normalized spacial score (nSPS) is 20.6. The molecule has 1 unspecified atom stereocenters.